The number of aromatic nitrogens is 4. The third kappa shape index (κ3) is 5.06. The first-order valence-corrected chi connectivity index (χ1v) is 13.6. The molecule has 0 spiro atoms. The summed E-state index contributed by atoms with van der Waals surface area (Å²) in [6.07, 6.45) is 2.42. The van der Waals surface area contributed by atoms with Gasteiger partial charge < -0.3 is 10.6 Å². The molecule has 2 aromatic rings. The van der Waals surface area contributed by atoms with Crippen molar-refractivity contribution in [3.8, 4) is 0 Å². The topological polar surface area (TPSA) is 166 Å². The highest BCUT2D eigenvalue weighted by Crippen LogP contribution is 2.41. The Kier molecular flexibility index (Phi) is 7.47. The molecule has 1 saturated heterocycles. The van der Waals surface area contributed by atoms with E-state index in [-0.39, 0.29) is 17.0 Å². The Hall–Kier alpha value is -2.91. The van der Waals surface area contributed by atoms with E-state index in [4.69, 9.17) is 5.41 Å². The highest BCUT2D eigenvalue weighted by Gasteiger charge is 2.51. The lowest BCUT2D eigenvalue weighted by atomic mass is 10.0. The van der Waals surface area contributed by atoms with Crippen molar-refractivity contribution in [2.75, 3.05) is 23.4 Å². The van der Waals surface area contributed by atoms with Crippen LogP contribution in [0.1, 0.15) is 25.1 Å². The van der Waals surface area contributed by atoms with Crippen LogP contribution in [0, 0.1) is 5.41 Å². The summed E-state index contributed by atoms with van der Waals surface area (Å²) in [5.41, 5.74) is -0.0417. The number of thioether (sulfide) groups is 2. The number of amides is 2. The molecule has 2 atom stereocenters. The van der Waals surface area contributed by atoms with Gasteiger partial charge in [0.15, 0.2) is 10.3 Å². The minimum Gasteiger partial charge on any atom is -0.362 e. The molecular weight excluding hydrogens is 512 g/mol. The summed E-state index contributed by atoms with van der Waals surface area (Å²) in [6, 6.07) is -0.704. The molecule has 186 valence electrons. The number of fused-ring (bicyclic) bond motifs is 1. The number of aryl methyl sites for hydroxylation is 1. The average molecular weight is 537 g/mol. The van der Waals surface area contributed by atoms with Gasteiger partial charge in [0, 0.05) is 37.0 Å². The minimum atomic E-state index is -0.844. The van der Waals surface area contributed by atoms with Crippen molar-refractivity contribution in [1.29, 1.82) is 5.41 Å². The normalized spacial score (nSPS) is 19.3. The summed E-state index contributed by atoms with van der Waals surface area (Å²) in [7, 11) is 1.60. The van der Waals surface area contributed by atoms with Gasteiger partial charge in [-0.2, -0.15) is 4.98 Å². The molecule has 12 nitrogen and oxygen atoms in total. The number of anilines is 1. The molecule has 2 amide bonds. The number of aromatic amines is 1. The van der Waals surface area contributed by atoms with E-state index in [0.29, 0.717) is 26.7 Å². The van der Waals surface area contributed by atoms with E-state index in [1.165, 1.54) is 45.7 Å². The first-order valence-electron chi connectivity index (χ1n) is 10.7. The van der Waals surface area contributed by atoms with E-state index < -0.39 is 23.1 Å². The zero-order chi connectivity index (χ0) is 25.3. The minimum absolute atomic E-state index is 0.220. The predicted molar refractivity (Wildman–Crippen MR) is 136 cm³/mol. The van der Waals surface area contributed by atoms with Crippen LogP contribution in [0.2, 0.25) is 0 Å². The SMILES string of the molecule is CCCNc1ncc(C(=N)C(=O)NC2C(=O)N3C(C)=C(CSc4nc(=O)c(=O)[nH]n4C)CSC23)s1. The van der Waals surface area contributed by atoms with E-state index in [0.717, 1.165) is 24.2 Å². The second kappa shape index (κ2) is 10.4. The number of thiazole rings is 1. The third-order valence-electron chi connectivity index (χ3n) is 5.46. The summed E-state index contributed by atoms with van der Waals surface area (Å²) in [6.45, 7) is 4.64. The molecule has 4 heterocycles. The highest BCUT2D eigenvalue weighted by molar-refractivity contribution is 8.01. The van der Waals surface area contributed by atoms with Crippen molar-refractivity contribution in [2.45, 2.75) is 36.8 Å². The number of allylic oxidation sites excluding steroid dienone is 1. The number of carbonyl (C=O) groups excluding carboxylic acids is 2. The van der Waals surface area contributed by atoms with Crippen LogP contribution >= 0.6 is 34.9 Å². The quantitative estimate of drug-likeness (QED) is 0.155. The average Bonchev–Trinajstić information content (AvgIpc) is 3.31. The maximum atomic E-state index is 12.8. The Morgan fingerprint density at radius 3 is 2.89 bits per heavy atom. The molecule has 2 aliphatic heterocycles. The number of nitrogens with one attached hydrogen (secondary N) is 4. The Bertz CT molecular complexity index is 1330. The zero-order valence-electron chi connectivity index (χ0n) is 19.2. The van der Waals surface area contributed by atoms with Crippen molar-refractivity contribution in [2.24, 2.45) is 7.05 Å². The molecule has 35 heavy (non-hydrogen) atoms. The molecule has 0 aliphatic carbocycles. The van der Waals surface area contributed by atoms with Gasteiger partial charge in [-0.05, 0) is 18.9 Å². The van der Waals surface area contributed by atoms with Crippen molar-refractivity contribution >= 4 is 57.5 Å². The molecule has 0 saturated carbocycles. The maximum Gasteiger partial charge on any atom is 0.339 e. The van der Waals surface area contributed by atoms with Crippen LogP contribution in [0.25, 0.3) is 0 Å². The fourth-order valence-corrected chi connectivity index (χ4v) is 6.89. The largest absolute Gasteiger partial charge is 0.362 e. The van der Waals surface area contributed by atoms with Crippen LogP contribution in [-0.2, 0) is 16.6 Å². The van der Waals surface area contributed by atoms with E-state index in [9.17, 15) is 19.2 Å². The fourth-order valence-electron chi connectivity index (χ4n) is 3.50. The highest BCUT2D eigenvalue weighted by atomic mass is 32.2. The van der Waals surface area contributed by atoms with Gasteiger partial charge in [0.05, 0.1) is 4.88 Å². The molecule has 4 rings (SSSR count). The van der Waals surface area contributed by atoms with Gasteiger partial charge in [-0.15, -0.1) is 11.8 Å². The summed E-state index contributed by atoms with van der Waals surface area (Å²) in [4.78, 5) is 58.5. The van der Waals surface area contributed by atoms with Crippen LogP contribution in [0.15, 0.2) is 32.2 Å². The number of carbonyl (C=O) groups is 2. The van der Waals surface area contributed by atoms with Gasteiger partial charge in [-0.25, -0.2) is 4.98 Å². The number of β-lactam (4-membered cyclic amide) rings is 1. The summed E-state index contributed by atoms with van der Waals surface area (Å²) >= 11 is 4.05. The second-order valence-corrected chi connectivity index (χ2v) is 10.9. The Morgan fingerprint density at radius 2 is 2.14 bits per heavy atom. The number of nitrogens with zero attached hydrogens (tertiary/aromatic N) is 4. The lowest BCUT2D eigenvalue weighted by Gasteiger charge is -2.50. The summed E-state index contributed by atoms with van der Waals surface area (Å²) < 4.78 is 1.39. The van der Waals surface area contributed by atoms with Crippen LogP contribution in [-0.4, -0.2) is 71.6 Å². The first kappa shape index (κ1) is 25.2. The second-order valence-electron chi connectivity index (χ2n) is 7.87. The van der Waals surface area contributed by atoms with Crippen molar-refractivity contribution in [3.63, 3.8) is 0 Å². The molecular formula is C20H24N8O4S3. The zero-order valence-corrected chi connectivity index (χ0v) is 21.7. The fraction of sp³-hybridized carbons (Fsp3) is 0.450. The first-order chi connectivity index (χ1) is 16.7. The molecule has 2 aliphatic rings. The third-order valence-corrected chi connectivity index (χ3v) is 8.89. The van der Waals surface area contributed by atoms with Crippen LogP contribution in [0.5, 0.6) is 0 Å². The van der Waals surface area contributed by atoms with Gasteiger partial charge in [0.25, 0.3) is 11.8 Å². The summed E-state index contributed by atoms with van der Waals surface area (Å²) in [5, 5.41) is 17.2. The Morgan fingerprint density at radius 1 is 1.37 bits per heavy atom. The van der Waals surface area contributed by atoms with E-state index in [2.05, 4.69) is 25.7 Å². The van der Waals surface area contributed by atoms with E-state index >= 15 is 0 Å². The van der Waals surface area contributed by atoms with Crippen LogP contribution in [0.4, 0.5) is 5.13 Å². The van der Waals surface area contributed by atoms with Crippen molar-refractivity contribution in [3.05, 3.63) is 43.1 Å². The summed E-state index contributed by atoms with van der Waals surface area (Å²) in [5.74, 6) is 0.286. The van der Waals surface area contributed by atoms with E-state index in [1.807, 2.05) is 13.8 Å². The molecule has 4 N–H and O–H groups in total. The van der Waals surface area contributed by atoms with Gasteiger partial charge in [-0.1, -0.05) is 30.0 Å². The van der Waals surface area contributed by atoms with Crippen LogP contribution in [0.3, 0.4) is 0 Å². The molecule has 15 heteroatoms. The van der Waals surface area contributed by atoms with Crippen LogP contribution < -0.4 is 21.8 Å². The van der Waals surface area contributed by atoms with Crippen molar-refractivity contribution < 1.29 is 9.59 Å². The standard InChI is InChI=1S/C20H24N8O4S3/c1-4-5-22-19-23-6-11(35-19)12(21)14(29)24-13-17(32)28-9(2)10(7-33-18(13)28)8-34-20-25-15(30)16(31)26-27(20)3/h6,13,18,21H,4-5,7-8H2,1-3H3,(H,22,23)(H,24,29)(H,26,31). The number of hydrogen-bond donors (Lipinski definition) is 4. The van der Waals surface area contributed by atoms with Gasteiger partial charge in [0.2, 0.25) is 0 Å². The van der Waals surface area contributed by atoms with Gasteiger partial charge >= 0.3 is 11.1 Å². The lowest BCUT2D eigenvalue weighted by molar-refractivity contribution is -0.144. The van der Waals surface area contributed by atoms with Gasteiger partial charge in [0.1, 0.15) is 17.1 Å². The molecule has 0 aromatic carbocycles. The molecule has 0 bridgehead atoms. The number of H-pyrrole nitrogens is 1. The Labute approximate surface area is 212 Å². The number of rotatable bonds is 9. The molecule has 1 fully saturated rings. The molecule has 2 unspecified atom stereocenters. The van der Waals surface area contributed by atoms with Gasteiger partial charge in [-0.3, -0.25) is 39.3 Å². The smallest absolute Gasteiger partial charge is 0.339 e. The molecule has 2 aromatic heterocycles. The van der Waals surface area contributed by atoms with E-state index in [1.54, 1.807) is 11.9 Å². The predicted octanol–water partition coefficient (Wildman–Crippen LogP) is 0.581. The Balaban J connectivity index is 1.37. The monoisotopic (exact) mass is 536 g/mol. The number of hydrogen-bond acceptors (Lipinski definition) is 11. The lowest BCUT2D eigenvalue weighted by Crippen LogP contribution is -2.70. The molecule has 0 radical (unpaired) electrons. The maximum absolute atomic E-state index is 12.8. The van der Waals surface area contributed by atoms with Crippen molar-refractivity contribution in [1.82, 2.24) is 30.0 Å².